The lowest BCUT2D eigenvalue weighted by Gasteiger charge is -2.35. The van der Waals surface area contributed by atoms with Crippen molar-refractivity contribution >= 4 is 35.5 Å². The first kappa shape index (κ1) is 26.5. The van der Waals surface area contributed by atoms with Gasteiger partial charge in [-0.3, -0.25) is 9.69 Å². The number of nitriles is 2. The molecule has 0 bridgehead atoms. The summed E-state index contributed by atoms with van der Waals surface area (Å²) in [5.74, 6) is 0.0958. The molecule has 0 aliphatic carbocycles. The number of carbonyl (C=O) groups excluding carboxylic acids is 3. The molecule has 13 heteroatoms. The van der Waals surface area contributed by atoms with Gasteiger partial charge in [0, 0.05) is 19.1 Å². The predicted octanol–water partition coefficient (Wildman–Crippen LogP) is 2.18. The van der Waals surface area contributed by atoms with Gasteiger partial charge in [-0.2, -0.15) is 10.5 Å². The second-order valence-electron chi connectivity index (χ2n) is 10.2. The van der Waals surface area contributed by atoms with Crippen LogP contribution in [0.3, 0.4) is 0 Å². The van der Waals surface area contributed by atoms with Crippen LogP contribution in [-0.4, -0.2) is 71.0 Å². The number of nitrogens with one attached hydrogen (secondary N) is 2. The van der Waals surface area contributed by atoms with E-state index in [1.165, 1.54) is 4.90 Å². The molecule has 2 N–H and O–H groups in total. The van der Waals surface area contributed by atoms with Crippen LogP contribution >= 0.6 is 11.6 Å². The fraction of sp³-hybridized carbons (Fsp3) is 0.583. The Morgan fingerprint density at radius 3 is 2.38 bits per heavy atom. The number of aromatic nitrogens is 1. The van der Waals surface area contributed by atoms with Crippen LogP contribution in [-0.2, 0) is 20.7 Å². The molecule has 0 saturated carbocycles. The molecule has 12 nitrogen and oxygen atoms in total. The standard InChI is InChI=1S/C24H28ClN7O5/c1-5-14-15(10-26)17(25)29-18(16(14)11-27)31-8-6-13(7-9-31)28-19(33)24-12-36-20(24)32(24)21(34)30-22(35)37-23(2,3)4/h13,20H,5-9,12H2,1-4H3,(H,28,33)(H,30,34,35). The van der Waals surface area contributed by atoms with Crippen LogP contribution in [0.25, 0.3) is 0 Å². The summed E-state index contributed by atoms with van der Waals surface area (Å²) in [6.07, 6.45) is 0.000116. The molecular formula is C24H28ClN7O5. The first-order chi connectivity index (χ1) is 17.5. The van der Waals surface area contributed by atoms with Crippen molar-refractivity contribution in [1.29, 1.82) is 10.5 Å². The Kier molecular flexibility index (Phi) is 6.93. The van der Waals surface area contributed by atoms with Crippen molar-refractivity contribution in [2.45, 2.75) is 70.4 Å². The summed E-state index contributed by atoms with van der Waals surface area (Å²) in [5.41, 5.74) is -0.774. The third-order valence-electron chi connectivity index (χ3n) is 6.63. The van der Waals surface area contributed by atoms with E-state index in [2.05, 4.69) is 21.7 Å². The minimum atomic E-state index is -1.13. The van der Waals surface area contributed by atoms with Crippen LogP contribution < -0.4 is 15.5 Å². The van der Waals surface area contributed by atoms with Crippen molar-refractivity contribution in [3.63, 3.8) is 0 Å². The molecule has 3 aliphatic heterocycles. The van der Waals surface area contributed by atoms with Gasteiger partial charge < -0.3 is 19.7 Å². The van der Waals surface area contributed by atoms with E-state index in [-0.39, 0.29) is 29.3 Å². The summed E-state index contributed by atoms with van der Waals surface area (Å²) >= 11 is 6.23. The first-order valence-corrected chi connectivity index (χ1v) is 12.4. The van der Waals surface area contributed by atoms with E-state index >= 15 is 0 Å². The van der Waals surface area contributed by atoms with E-state index in [9.17, 15) is 24.9 Å². The van der Waals surface area contributed by atoms with E-state index in [4.69, 9.17) is 21.1 Å². The quantitative estimate of drug-likeness (QED) is 0.440. The van der Waals surface area contributed by atoms with Crippen molar-refractivity contribution < 1.29 is 23.9 Å². The fourth-order valence-electron chi connectivity index (χ4n) is 4.74. The van der Waals surface area contributed by atoms with Gasteiger partial charge in [0.05, 0.1) is 17.7 Å². The molecule has 1 aromatic heterocycles. The van der Waals surface area contributed by atoms with Gasteiger partial charge in [0.15, 0.2) is 11.8 Å². The van der Waals surface area contributed by atoms with Gasteiger partial charge in [0.25, 0.3) is 5.91 Å². The number of carbonyl (C=O) groups is 3. The highest BCUT2D eigenvalue weighted by Crippen LogP contribution is 2.51. The minimum absolute atomic E-state index is 0.0447. The zero-order valence-electron chi connectivity index (χ0n) is 21.1. The molecule has 2 unspecified atom stereocenters. The van der Waals surface area contributed by atoms with Gasteiger partial charge in [-0.15, -0.1) is 0 Å². The van der Waals surface area contributed by atoms with E-state index in [0.717, 1.165) is 0 Å². The largest absolute Gasteiger partial charge is 0.443 e. The van der Waals surface area contributed by atoms with E-state index in [1.54, 1.807) is 20.8 Å². The summed E-state index contributed by atoms with van der Waals surface area (Å²) < 4.78 is 10.5. The Balaban J connectivity index is 1.36. The number of halogens is 1. The number of piperidine rings is 1. The van der Waals surface area contributed by atoms with Crippen LogP contribution in [0.1, 0.15) is 57.2 Å². The smallest absolute Gasteiger partial charge is 0.415 e. The van der Waals surface area contributed by atoms with Gasteiger partial charge >= 0.3 is 12.1 Å². The highest BCUT2D eigenvalue weighted by molar-refractivity contribution is 6.30. The Morgan fingerprint density at radius 2 is 1.86 bits per heavy atom. The molecule has 0 radical (unpaired) electrons. The van der Waals surface area contributed by atoms with Crippen molar-refractivity contribution in [2.75, 3.05) is 24.6 Å². The molecule has 4 amide bonds. The second-order valence-corrected chi connectivity index (χ2v) is 10.5. The van der Waals surface area contributed by atoms with Gasteiger partial charge in [-0.1, -0.05) is 18.5 Å². The predicted molar refractivity (Wildman–Crippen MR) is 131 cm³/mol. The van der Waals surface area contributed by atoms with E-state index < -0.39 is 29.5 Å². The molecule has 2 atom stereocenters. The van der Waals surface area contributed by atoms with Crippen molar-refractivity contribution in [3.05, 3.63) is 21.8 Å². The molecule has 0 spiro atoms. The fourth-order valence-corrected chi connectivity index (χ4v) is 4.98. The number of rotatable bonds is 4. The minimum Gasteiger partial charge on any atom is -0.443 e. The number of imide groups is 1. The summed E-state index contributed by atoms with van der Waals surface area (Å²) in [6.45, 7) is 7.95. The molecule has 4 heterocycles. The molecule has 0 aromatic carbocycles. The number of alkyl carbamates (subject to hydrolysis) is 1. The number of pyridine rings is 1. The molecular weight excluding hydrogens is 502 g/mol. The lowest BCUT2D eigenvalue weighted by atomic mass is 9.99. The van der Waals surface area contributed by atoms with Gasteiger partial charge in [-0.05, 0) is 45.6 Å². The number of hydrogen-bond acceptors (Lipinski definition) is 9. The molecule has 3 fully saturated rings. The summed E-state index contributed by atoms with van der Waals surface area (Å²) in [4.78, 5) is 45.0. The Morgan fingerprint density at radius 1 is 1.22 bits per heavy atom. The van der Waals surface area contributed by atoms with Gasteiger partial charge in [-0.25, -0.2) is 19.9 Å². The lowest BCUT2D eigenvalue weighted by Crippen LogP contribution is -2.55. The maximum Gasteiger partial charge on any atom is 0.415 e. The normalized spacial score (nSPS) is 22.6. The second kappa shape index (κ2) is 9.69. The van der Waals surface area contributed by atoms with Crippen LogP contribution in [0.4, 0.5) is 15.4 Å². The third kappa shape index (κ3) is 4.75. The molecule has 4 rings (SSSR count). The SMILES string of the molecule is CCc1c(C#N)c(Cl)nc(N2CCC(NC(=O)C34COC3N4C(=O)NC(=O)OC(C)(C)C)CC2)c1C#N. The van der Waals surface area contributed by atoms with E-state index in [0.29, 0.717) is 49.3 Å². The molecule has 3 saturated heterocycles. The first-order valence-electron chi connectivity index (χ1n) is 12.0. The van der Waals surface area contributed by atoms with Gasteiger partial charge in [0.2, 0.25) is 0 Å². The summed E-state index contributed by atoms with van der Waals surface area (Å²) in [7, 11) is 0. The molecule has 196 valence electrons. The highest BCUT2D eigenvalue weighted by atomic mass is 35.5. The van der Waals surface area contributed by atoms with Crippen molar-refractivity contribution in [2.24, 2.45) is 0 Å². The number of nitrogens with zero attached hydrogens (tertiary/aromatic N) is 5. The molecule has 1 aromatic rings. The maximum atomic E-state index is 13.1. The number of ether oxygens (including phenoxy) is 2. The average molecular weight is 530 g/mol. The average Bonchev–Trinajstić information content (AvgIpc) is 3.32. The zero-order chi connectivity index (χ0) is 27.1. The molecule has 3 aliphatic rings. The van der Waals surface area contributed by atoms with Crippen molar-refractivity contribution in [1.82, 2.24) is 20.5 Å². The molecule has 37 heavy (non-hydrogen) atoms. The van der Waals surface area contributed by atoms with Crippen LogP contribution in [0.15, 0.2) is 0 Å². The lowest BCUT2D eigenvalue weighted by molar-refractivity contribution is -0.133. The number of anilines is 1. The van der Waals surface area contributed by atoms with Gasteiger partial charge in [0.1, 0.15) is 28.7 Å². The Labute approximate surface area is 219 Å². The van der Waals surface area contributed by atoms with E-state index in [1.807, 2.05) is 17.9 Å². The Hall–Kier alpha value is -3.61. The highest BCUT2D eigenvalue weighted by Gasteiger charge is 2.79. The van der Waals surface area contributed by atoms with Crippen LogP contribution in [0.5, 0.6) is 0 Å². The summed E-state index contributed by atoms with van der Waals surface area (Å²) in [6, 6.07) is 3.28. The number of urea groups is 1. The maximum absolute atomic E-state index is 13.1. The topological polar surface area (TPSA) is 160 Å². The Bertz CT molecular complexity index is 1230. The summed E-state index contributed by atoms with van der Waals surface area (Å²) in [5, 5.41) is 24.3. The third-order valence-corrected chi connectivity index (χ3v) is 6.90. The van der Waals surface area contributed by atoms with Crippen LogP contribution in [0, 0.1) is 22.7 Å². The number of fused-ring (bicyclic) bond motifs is 1. The number of hydrogen-bond donors (Lipinski definition) is 2. The monoisotopic (exact) mass is 529 g/mol. The zero-order valence-corrected chi connectivity index (χ0v) is 21.8. The number of amides is 4. The van der Waals surface area contributed by atoms with Crippen molar-refractivity contribution in [3.8, 4) is 12.1 Å². The van der Waals surface area contributed by atoms with Crippen LogP contribution in [0.2, 0.25) is 5.15 Å².